The van der Waals surface area contributed by atoms with Gasteiger partial charge >= 0.3 is 0 Å². The molecule has 0 radical (unpaired) electrons. The first-order valence-corrected chi connectivity index (χ1v) is 7.81. The maximum Gasteiger partial charge on any atom is 0.231 e. The molecule has 122 valence electrons. The Morgan fingerprint density at radius 1 is 1.39 bits per heavy atom. The van der Waals surface area contributed by atoms with E-state index in [-0.39, 0.29) is 5.91 Å². The average molecular weight is 315 g/mol. The van der Waals surface area contributed by atoms with E-state index in [9.17, 15) is 4.79 Å². The van der Waals surface area contributed by atoms with Crippen molar-refractivity contribution in [1.82, 2.24) is 20.0 Å². The highest BCUT2D eigenvalue weighted by Gasteiger charge is 2.26. The van der Waals surface area contributed by atoms with Crippen molar-refractivity contribution >= 4 is 5.91 Å². The van der Waals surface area contributed by atoms with Gasteiger partial charge < -0.3 is 10.3 Å². The van der Waals surface area contributed by atoms with Gasteiger partial charge in [0.05, 0.1) is 23.5 Å². The van der Waals surface area contributed by atoms with Crippen LogP contribution in [0.15, 0.2) is 16.8 Å². The molecule has 0 atom stereocenters. The van der Waals surface area contributed by atoms with Gasteiger partial charge in [-0.2, -0.15) is 0 Å². The van der Waals surface area contributed by atoms with Crippen molar-refractivity contribution in [3.8, 4) is 11.3 Å². The minimum atomic E-state index is -0.279. The second kappa shape index (κ2) is 6.45. The summed E-state index contributed by atoms with van der Waals surface area (Å²) in [7, 11) is 0. The maximum absolute atomic E-state index is 11.0. The van der Waals surface area contributed by atoms with Gasteiger partial charge in [0.15, 0.2) is 5.76 Å². The third kappa shape index (κ3) is 3.56. The van der Waals surface area contributed by atoms with Gasteiger partial charge in [0, 0.05) is 18.2 Å². The first-order valence-electron chi connectivity index (χ1n) is 7.81. The van der Waals surface area contributed by atoms with Gasteiger partial charge in [-0.1, -0.05) is 5.16 Å². The molecule has 0 bridgehead atoms. The highest BCUT2D eigenvalue weighted by Crippen LogP contribution is 2.33. The third-order valence-electron chi connectivity index (χ3n) is 4.19. The van der Waals surface area contributed by atoms with E-state index in [2.05, 4.69) is 20.0 Å². The number of aromatic nitrogens is 3. The number of primary amides is 1. The molecule has 2 aromatic heterocycles. The molecule has 1 aliphatic heterocycles. The van der Waals surface area contributed by atoms with E-state index in [0.29, 0.717) is 18.2 Å². The number of carbonyl (C=O) groups is 1. The van der Waals surface area contributed by atoms with Crippen LogP contribution in [0, 0.1) is 13.8 Å². The Labute approximate surface area is 134 Å². The molecule has 1 fully saturated rings. The van der Waals surface area contributed by atoms with Crippen LogP contribution in [-0.4, -0.2) is 45.6 Å². The molecule has 2 N–H and O–H groups in total. The number of carbonyl (C=O) groups excluding carboxylic acids is 1. The molecule has 1 aliphatic rings. The lowest BCUT2D eigenvalue weighted by molar-refractivity contribution is -0.119. The fourth-order valence-electron chi connectivity index (χ4n) is 3.06. The van der Waals surface area contributed by atoms with Crippen molar-refractivity contribution in [2.24, 2.45) is 5.73 Å². The first-order chi connectivity index (χ1) is 11.0. The summed E-state index contributed by atoms with van der Waals surface area (Å²) in [5.41, 5.74) is 8.02. The van der Waals surface area contributed by atoms with Crippen LogP contribution in [0.1, 0.15) is 36.0 Å². The fourth-order valence-corrected chi connectivity index (χ4v) is 3.06. The molecule has 1 amide bonds. The number of likely N-dealkylation sites (tertiary alicyclic amines) is 1. The van der Waals surface area contributed by atoms with Crippen LogP contribution < -0.4 is 5.73 Å². The molecule has 1 saturated heterocycles. The number of hydrogen-bond donors (Lipinski definition) is 1. The second-order valence-electron chi connectivity index (χ2n) is 6.07. The van der Waals surface area contributed by atoms with Crippen molar-refractivity contribution < 1.29 is 9.32 Å². The van der Waals surface area contributed by atoms with E-state index in [4.69, 9.17) is 10.3 Å². The zero-order valence-electron chi connectivity index (χ0n) is 13.5. The lowest BCUT2D eigenvalue weighted by Gasteiger charge is -2.31. The molecule has 3 heterocycles. The molecule has 3 rings (SSSR count). The first kappa shape index (κ1) is 15.6. The Morgan fingerprint density at radius 3 is 2.74 bits per heavy atom. The van der Waals surface area contributed by atoms with Crippen LogP contribution in [0.2, 0.25) is 0 Å². The van der Waals surface area contributed by atoms with Gasteiger partial charge in [-0.25, -0.2) is 9.97 Å². The van der Waals surface area contributed by atoms with Crippen LogP contribution in [-0.2, 0) is 4.79 Å². The van der Waals surface area contributed by atoms with Gasteiger partial charge in [-0.15, -0.1) is 0 Å². The summed E-state index contributed by atoms with van der Waals surface area (Å²) >= 11 is 0. The van der Waals surface area contributed by atoms with Crippen LogP contribution >= 0.6 is 0 Å². The normalized spacial score (nSPS) is 16.6. The highest BCUT2D eigenvalue weighted by atomic mass is 16.5. The fraction of sp³-hybridized carbons (Fsp3) is 0.500. The summed E-state index contributed by atoms with van der Waals surface area (Å²) < 4.78 is 5.39. The second-order valence-corrected chi connectivity index (χ2v) is 6.07. The molecule has 0 aliphatic carbocycles. The minimum absolute atomic E-state index is 0.279. The van der Waals surface area contributed by atoms with E-state index in [0.717, 1.165) is 48.7 Å². The molecule has 23 heavy (non-hydrogen) atoms. The van der Waals surface area contributed by atoms with Crippen LogP contribution in [0.4, 0.5) is 0 Å². The monoisotopic (exact) mass is 315 g/mol. The number of nitrogens with two attached hydrogens (primary N) is 1. The molecule has 0 saturated carbocycles. The van der Waals surface area contributed by atoms with E-state index >= 15 is 0 Å². The van der Waals surface area contributed by atoms with Crippen molar-refractivity contribution in [2.75, 3.05) is 19.6 Å². The van der Waals surface area contributed by atoms with E-state index in [1.165, 1.54) is 0 Å². The SMILES string of the molecule is Cc1cc(-c2cnc(C)nc2C2CCN(CC(N)=O)CC2)on1. The van der Waals surface area contributed by atoms with E-state index in [1.807, 2.05) is 26.1 Å². The predicted molar refractivity (Wildman–Crippen MR) is 84.6 cm³/mol. The van der Waals surface area contributed by atoms with Gasteiger partial charge in [-0.05, 0) is 39.8 Å². The summed E-state index contributed by atoms with van der Waals surface area (Å²) in [4.78, 5) is 22.1. The Kier molecular flexibility index (Phi) is 4.38. The molecular formula is C16H21N5O2. The number of amides is 1. The number of nitrogens with zero attached hydrogens (tertiary/aromatic N) is 4. The zero-order valence-corrected chi connectivity index (χ0v) is 13.5. The summed E-state index contributed by atoms with van der Waals surface area (Å²) in [6.07, 6.45) is 3.68. The van der Waals surface area contributed by atoms with E-state index < -0.39 is 0 Å². The van der Waals surface area contributed by atoms with Crippen molar-refractivity contribution in [2.45, 2.75) is 32.6 Å². The maximum atomic E-state index is 11.0. The molecular weight excluding hydrogens is 294 g/mol. The predicted octanol–water partition coefficient (Wildman–Crippen LogP) is 1.41. The van der Waals surface area contributed by atoms with Gasteiger partial charge in [0.25, 0.3) is 0 Å². The topological polar surface area (TPSA) is 98.1 Å². The molecule has 7 nitrogen and oxygen atoms in total. The van der Waals surface area contributed by atoms with Crippen LogP contribution in [0.25, 0.3) is 11.3 Å². The highest BCUT2D eigenvalue weighted by molar-refractivity contribution is 5.75. The Bertz CT molecular complexity index is 704. The van der Waals surface area contributed by atoms with Crippen molar-refractivity contribution in [1.29, 1.82) is 0 Å². The Balaban J connectivity index is 1.83. The molecule has 0 unspecified atom stereocenters. The summed E-state index contributed by atoms with van der Waals surface area (Å²) in [5.74, 6) is 1.50. The quantitative estimate of drug-likeness (QED) is 0.916. The summed E-state index contributed by atoms with van der Waals surface area (Å²) in [6.45, 7) is 5.78. The van der Waals surface area contributed by atoms with Gasteiger partial charge in [-0.3, -0.25) is 9.69 Å². The van der Waals surface area contributed by atoms with Gasteiger partial charge in [0.1, 0.15) is 5.82 Å². The lowest BCUT2D eigenvalue weighted by Crippen LogP contribution is -2.39. The number of rotatable bonds is 4. The molecule has 7 heteroatoms. The third-order valence-corrected chi connectivity index (χ3v) is 4.19. The smallest absolute Gasteiger partial charge is 0.231 e. The largest absolute Gasteiger partial charge is 0.369 e. The standard InChI is InChI=1S/C16H21N5O2/c1-10-7-14(23-20-10)13-8-18-11(2)19-16(13)12-3-5-21(6-4-12)9-15(17)22/h7-8,12H,3-6,9H2,1-2H3,(H2,17,22). The minimum Gasteiger partial charge on any atom is -0.369 e. The van der Waals surface area contributed by atoms with Crippen LogP contribution in [0.3, 0.4) is 0 Å². The number of piperidine rings is 1. The van der Waals surface area contributed by atoms with Crippen LogP contribution in [0.5, 0.6) is 0 Å². The lowest BCUT2D eigenvalue weighted by atomic mass is 9.90. The van der Waals surface area contributed by atoms with Crippen molar-refractivity contribution in [3.05, 3.63) is 29.5 Å². The number of hydrogen-bond acceptors (Lipinski definition) is 6. The Morgan fingerprint density at radius 2 is 2.13 bits per heavy atom. The Hall–Kier alpha value is -2.28. The van der Waals surface area contributed by atoms with Crippen molar-refractivity contribution in [3.63, 3.8) is 0 Å². The molecule has 2 aromatic rings. The summed E-state index contributed by atoms with van der Waals surface area (Å²) in [6, 6.07) is 1.90. The summed E-state index contributed by atoms with van der Waals surface area (Å²) in [5, 5.41) is 3.96. The molecule has 0 spiro atoms. The average Bonchev–Trinajstić information content (AvgIpc) is 2.94. The number of aryl methyl sites for hydroxylation is 2. The zero-order chi connectivity index (χ0) is 16.4. The molecule has 0 aromatic carbocycles. The van der Waals surface area contributed by atoms with E-state index in [1.54, 1.807) is 0 Å². The van der Waals surface area contributed by atoms with Gasteiger partial charge in [0.2, 0.25) is 5.91 Å².